The van der Waals surface area contributed by atoms with Crippen LogP contribution in [0, 0.1) is 18.3 Å². The van der Waals surface area contributed by atoms with Crippen molar-refractivity contribution < 1.29 is 14.7 Å². The molecule has 0 radical (unpaired) electrons. The van der Waals surface area contributed by atoms with Crippen LogP contribution in [0.4, 0.5) is 0 Å². The summed E-state index contributed by atoms with van der Waals surface area (Å²) in [5.41, 5.74) is 0.494. The van der Waals surface area contributed by atoms with Gasteiger partial charge in [-0.2, -0.15) is 0 Å². The molecule has 3 atom stereocenters. The first-order valence-corrected chi connectivity index (χ1v) is 10.0. The minimum Gasteiger partial charge on any atom is -0.481 e. The molecule has 2 fully saturated rings. The minimum absolute atomic E-state index is 0.0166. The van der Waals surface area contributed by atoms with Crippen molar-refractivity contribution >= 4 is 11.9 Å². The number of nitrogens with zero attached hydrogens (tertiary/aromatic N) is 3. The van der Waals surface area contributed by atoms with Crippen LogP contribution in [0.5, 0.6) is 0 Å². The normalized spacial score (nSPS) is 26.8. The molecule has 4 rings (SSSR count). The molecular formula is C22H27N3O3. The number of carboxylic acid groups (broad SMARTS) is 1. The van der Waals surface area contributed by atoms with E-state index in [-0.39, 0.29) is 11.8 Å². The summed E-state index contributed by atoms with van der Waals surface area (Å²) in [5.74, 6) is 0.574. The maximum atomic E-state index is 12.8. The molecular weight excluding hydrogens is 354 g/mol. The van der Waals surface area contributed by atoms with Gasteiger partial charge in [0.1, 0.15) is 5.82 Å². The van der Waals surface area contributed by atoms with E-state index in [1.54, 1.807) is 11.1 Å². The molecule has 1 amide bonds. The Bertz CT molecular complexity index is 863. The van der Waals surface area contributed by atoms with Gasteiger partial charge in [0.05, 0.1) is 5.41 Å². The molecule has 1 N–H and O–H groups in total. The molecule has 6 nitrogen and oxygen atoms in total. The minimum atomic E-state index is -0.786. The average molecular weight is 381 g/mol. The zero-order valence-electron chi connectivity index (χ0n) is 16.3. The standard InChI is InChI=1S/C22H27N3O3/c1-16-23-10-12-24(16)11-8-20(26)25-14-19-13-18(17-5-3-2-4-6-17)7-9-22(19,15-25)21(27)28/h2-6,10,12,18-19H,7-9,11,13-15H2,1H3,(H,27,28)/t18-,19-,22-/m0/s1. The Kier molecular flexibility index (Phi) is 4.96. The molecule has 1 aromatic heterocycles. The van der Waals surface area contributed by atoms with Gasteiger partial charge in [0, 0.05) is 38.4 Å². The highest BCUT2D eigenvalue weighted by atomic mass is 16.4. The molecule has 0 unspecified atom stereocenters. The lowest BCUT2D eigenvalue weighted by Gasteiger charge is -2.38. The fourth-order valence-corrected chi connectivity index (χ4v) is 5.03. The maximum Gasteiger partial charge on any atom is 0.311 e. The number of hydrogen-bond acceptors (Lipinski definition) is 3. The number of likely N-dealkylation sites (tertiary alicyclic amines) is 1. The highest BCUT2D eigenvalue weighted by Crippen LogP contribution is 2.51. The number of carbonyl (C=O) groups excluding carboxylic acids is 1. The van der Waals surface area contributed by atoms with Crippen LogP contribution in [0.1, 0.15) is 43.0 Å². The second-order valence-corrected chi connectivity index (χ2v) is 8.23. The summed E-state index contributed by atoms with van der Waals surface area (Å²) in [4.78, 5) is 31.0. The van der Waals surface area contributed by atoms with Crippen molar-refractivity contribution in [2.45, 2.75) is 45.1 Å². The topological polar surface area (TPSA) is 75.4 Å². The van der Waals surface area contributed by atoms with Crippen LogP contribution >= 0.6 is 0 Å². The lowest BCUT2D eigenvalue weighted by Crippen LogP contribution is -2.43. The first-order chi connectivity index (χ1) is 13.5. The van der Waals surface area contributed by atoms with Gasteiger partial charge < -0.3 is 14.6 Å². The van der Waals surface area contributed by atoms with Crippen molar-refractivity contribution in [1.82, 2.24) is 14.5 Å². The van der Waals surface area contributed by atoms with E-state index >= 15 is 0 Å². The van der Waals surface area contributed by atoms with Crippen LogP contribution in [0.25, 0.3) is 0 Å². The number of carbonyl (C=O) groups is 2. The summed E-state index contributed by atoms with van der Waals surface area (Å²) in [5, 5.41) is 10.0. The Morgan fingerprint density at radius 2 is 2.07 bits per heavy atom. The second kappa shape index (κ2) is 7.41. The zero-order chi connectivity index (χ0) is 19.7. The number of benzene rings is 1. The number of aromatic nitrogens is 2. The molecule has 2 heterocycles. The molecule has 1 aliphatic carbocycles. The number of rotatable bonds is 5. The van der Waals surface area contributed by atoms with E-state index in [4.69, 9.17) is 0 Å². The molecule has 1 aliphatic heterocycles. The van der Waals surface area contributed by atoms with Gasteiger partial charge in [0.2, 0.25) is 5.91 Å². The van der Waals surface area contributed by atoms with Crippen LogP contribution in [-0.4, -0.2) is 44.5 Å². The maximum absolute atomic E-state index is 12.8. The summed E-state index contributed by atoms with van der Waals surface area (Å²) in [7, 11) is 0. The van der Waals surface area contributed by atoms with E-state index in [0.717, 1.165) is 18.7 Å². The largest absolute Gasteiger partial charge is 0.481 e. The summed E-state index contributed by atoms with van der Waals surface area (Å²) in [6.45, 7) is 3.39. The highest BCUT2D eigenvalue weighted by Gasteiger charge is 2.55. The van der Waals surface area contributed by atoms with E-state index in [0.29, 0.717) is 38.4 Å². The van der Waals surface area contributed by atoms with Gasteiger partial charge in [0.15, 0.2) is 0 Å². The van der Waals surface area contributed by atoms with Crippen LogP contribution in [0.3, 0.4) is 0 Å². The van der Waals surface area contributed by atoms with Gasteiger partial charge in [-0.25, -0.2) is 4.98 Å². The molecule has 1 saturated carbocycles. The lowest BCUT2D eigenvalue weighted by atomic mass is 9.64. The Morgan fingerprint density at radius 1 is 1.29 bits per heavy atom. The second-order valence-electron chi connectivity index (χ2n) is 8.23. The Labute approximate surface area is 165 Å². The number of hydrogen-bond donors (Lipinski definition) is 1. The lowest BCUT2D eigenvalue weighted by molar-refractivity contribution is -0.152. The van der Waals surface area contributed by atoms with Gasteiger partial charge >= 0.3 is 5.97 Å². The molecule has 2 aliphatic rings. The fourth-order valence-electron chi connectivity index (χ4n) is 5.03. The molecule has 0 spiro atoms. The molecule has 28 heavy (non-hydrogen) atoms. The third-order valence-corrected chi connectivity index (χ3v) is 6.74. The van der Waals surface area contributed by atoms with Gasteiger partial charge in [-0.15, -0.1) is 0 Å². The van der Waals surface area contributed by atoms with Crippen molar-refractivity contribution in [1.29, 1.82) is 0 Å². The third kappa shape index (κ3) is 3.32. The summed E-state index contributed by atoms with van der Waals surface area (Å²) >= 11 is 0. The monoisotopic (exact) mass is 381 g/mol. The SMILES string of the molecule is Cc1nccn1CCC(=O)N1C[C@@H]2C[C@@H](c3ccccc3)CC[C@]2(C(=O)O)C1. The zero-order valence-corrected chi connectivity index (χ0v) is 16.3. The van der Waals surface area contributed by atoms with Crippen molar-refractivity contribution in [2.24, 2.45) is 11.3 Å². The molecule has 1 saturated heterocycles. The van der Waals surface area contributed by atoms with E-state index in [1.165, 1.54) is 5.56 Å². The Balaban J connectivity index is 1.46. The molecule has 1 aromatic carbocycles. The number of aliphatic carboxylic acids is 1. The van der Waals surface area contributed by atoms with Crippen LogP contribution < -0.4 is 0 Å². The van der Waals surface area contributed by atoms with Crippen LogP contribution in [-0.2, 0) is 16.1 Å². The summed E-state index contributed by atoms with van der Waals surface area (Å²) in [6.07, 6.45) is 6.31. The summed E-state index contributed by atoms with van der Waals surface area (Å²) in [6, 6.07) is 10.3. The Morgan fingerprint density at radius 3 is 2.75 bits per heavy atom. The number of fused-ring (bicyclic) bond motifs is 1. The van der Waals surface area contributed by atoms with Crippen LogP contribution in [0.15, 0.2) is 42.7 Å². The van der Waals surface area contributed by atoms with E-state index < -0.39 is 11.4 Å². The first kappa shape index (κ1) is 18.7. The van der Waals surface area contributed by atoms with Gasteiger partial charge in [-0.3, -0.25) is 9.59 Å². The Hall–Kier alpha value is -2.63. The number of carboxylic acids is 1. The van der Waals surface area contributed by atoms with Crippen molar-refractivity contribution in [2.75, 3.05) is 13.1 Å². The van der Waals surface area contributed by atoms with E-state index in [9.17, 15) is 14.7 Å². The predicted molar refractivity (Wildman–Crippen MR) is 105 cm³/mol. The molecule has 148 valence electrons. The smallest absolute Gasteiger partial charge is 0.311 e. The van der Waals surface area contributed by atoms with E-state index in [2.05, 4.69) is 17.1 Å². The third-order valence-electron chi connectivity index (χ3n) is 6.74. The first-order valence-electron chi connectivity index (χ1n) is 10.0. The van der Waals surface area contributed by atoms with Crippen molar-refractivity contribution in [3.63, 3.8) is 0 Å². The van der Waals surface area contributed by atoms with Crippen molar-refractivity contribution in [3.8, 4) is 0 Å². The number of imidazole rings is 1. The molecule has 0 bridgehead atoms. The predicted octanol–water partition coefficient (Wildman–Crippen LogP) is 3.08. The summed E-state index contributed by atoms with van der Waals surface area (Å²) < 4.78 is 1.96. The molecule has 2 aromatic rings. The van der Waals surface area contributed by atoms with Gasteiger partial charge in [-0.1, -0.05) is 30.3 Å². The van der Waals surface area contributed by atoms with Gasteiger partial charge in [0.25, 0.3) is 0 Å². The van der Waals surface area contributed by atoms with Crippen molar-refractivity contribution in [3.05, 3.63) is 54.1 Å². The number of aryl methyl sites for hydroxylation is 2. The fraction of sp³-hybridized carbons (Fsp3) is 0.500. The van der Waals surface area contributed by atoms with E-state index in [1.807, 2.05) is 35.9 Å². The average Bonchev–Trinajstić information content (AvgIpc) is 3.30. The quantitative estimate of drug-likeness (QED) is 0.864. The van der Waals surface area contributed by atoms with Crippen LogP contribution in [0.2, 0.25) is 0 Å². The van der Waals surface area contributed by atoms with Gasteiger partial charge in [-0.05, 0) is 43.6 Å². The number of amides is 1. The highest BCUT2D eigenvalue weighted by molar-refractivity contribution is 5.81. The molecule has 6 heteroatoms.